The van der Waals surface area contributed by atoms with Crippen LogP contribution in [0.4, 0.5) is 0 Å². The highest BCUT2D eigenvalue weighted by Crippen LogP contribution is 2.32. The SMILES string of the molecule is CCCCc1c(C)[nH]c(C(=O)OC)c1OCCCN1CCC(O)(c2ccccn2)CC1. The number of aliphatic hydroxyl groups is 1. The third-order valence-corrected chi connectivity index (χ3v) is 6.13. The Morgan fingerprint density at radius 1 is 1.29 bits per heavy atom. The summed E-state index contributed by atoms with van der Waals surface area (Å²) in [6.07, 6.45) is 6.94. The van der Waals surface area contributed by atoms with Crippen molar-refractivity contribution in [1.29, 1.82) is 0 Å². The number of aryl methyl sites for hydroxylation is 1. The molecule has 2 aromatic heterocycles. The number of unbranched alkanes of at least 4 members (excludes halogenated alkanes) is 1. The number of ether oxygens (including phenoxy) is 2. The molecule has 0 saturated carbocycles. The zero-order chi connectivity index (χ0) is 22.3. The lowest BCUT2D eigenvalue weighted by molar-refractivity contribution is -0.0298. The minimum Gasteiger partial charge on any atom is -0.491 e. The molecule has 2 N–H and O–H groups in total. The lowest BCUT2D eigenvalue weighted by Crippen LogP contribution is -2.43. The Kier molecular flexibility index (Phi) is 8.09. The van der Waals surface area contributed by atoms with Crippen molar-refractivity contribution < 1.29 is 19.4 Å². The fraction of sp³-hybridized carbons (Fsp3) is 0.583. The molecule has 2 aromatic rings. The first kappa shape index (κ1) is 23.3. The van der Waals surface area contributed by atoms with Gasteiger partial charge in [0.2, 0.25) is 0 Å². The number of aromatic amines is 1. The van der Waals surface area contributed by atoms with Gasteiger partial charge in [0.05, 0.1) is 19.4 Å². The van der Waals surface area contributed by atoms with Crippen LogP contribution < -0.4 is 4.74 Å². The number of nitrogens with zero attached hydrogens (tertiary/aromatic N) is 2. The summed E-state index contributed by atoms with van der Waals surface area (Å²) < 4.78 is 11.0. The van der Waals surface area contributed by atoms with Gasteiger partial charge in [0, 0.05) is 37.1 Å². The molecule has 1 aliphatic heterocycles. The first-order chi connectivity index (χ1) is 15.0. The second-order valence-electron chi connectivity index (χ2n) is 8.32. The summed E-state index contributed by atoms with van der Waals surface area (Å²) in [6.45, 7) is 7.19. The van der Waals surface area contributed by atoms with E-state index >= 15 is 0 Å². The number of carbonyl (C=O) groups is 1. The standard InChI is InChI=1S/C24H35N3O4/c1-4-5-9-19-18(2)26-21(23(28)30-3)22(19)31-17-8-14-27-15-11-24(29,12-16-27)20-10-6-7-13-25-20/h6-7,10,13,26,29H,4-5,8-9,11-12,14-17H2,1-3H3. The quantitative estimate of drug-likeness (QED) is 0.443. The molecule has 0 radical (unpaired) electrons. The van der Waals surface area contributed by atoms with E-state index in [0.29, 0.717) is 30.9 Å². The van der Waals surface area contributed by atoms with Gasteiger partial charge >= 0.3 is 5.97 Å². The molecule has 0 spiro atoms. The summed E-state index contributed by atoms with van der Waals surface area (Å²) in [7, 11) is 1.39. The number of methoxy groups -OCH3 is 1. The number of pyridine rings is 1. The van der Waals surface area contributed by atoms with Gasteiger partial charge in [-0.15, -0.1) is 0 Å². The van der Waals surface area contributed by atoms with Crippen LogP contribution in [0.3, 0.4) is 0 Å². The first-order valence-electron chi connectivity index (χ1n) is 11.3. The van der Waals surface area contributed by atoms with Gasteiger partial charge in [-0.05, 0) is 51.2 Å². The lowest BCUT2D eigenvalue weighted by atomic mass is 9.88. The minimum atomic E-state index is -0.833. The summed E-state index contributed by atoms with van der Waals surface area (Å²) in [4.78, 5) is 22.0. The van der Waals surface area contributed by atoms with Gasteiger partial charge in [-0.3, -0.25) is 4.98 Å². The summed E-state index contributed by atoms with van der Waals surface area (Å²) in [6, 6.07) is 5.69. The number of carbonyl (C=O) groups excluding carboxylic acids is 1. The predicted octanol–water partition coefficient (Wildman–Crippen LogP) is 3.60. The van der Waals surface area contributed by atoms with E-state index in [-0.39, 0.29) is 0 Å². The van der Waals surface area contributed by atoms with E-state index in [1.165, 1.54) is 7.11 Å². The van der Waals surface area contributed by atoms with E-state index in [0.717, 1.165) is 62.3 Å². The number of aromatic nitrogens is 2. The molecule has 3 heterocycles. The normalized spacial score (nSPS) is 16.3. The number of hydrogen-bond donors (Lipinski definition) is 2. The smallest absolute Gasteiger partial charge is 0.358 e. The van der Waals surface area contributed by atoms with Crippen molar-refractivity contribution in [2.45, 2.75) is 58.0 Å². The molecule has 1 saturated heterocycles. The number of hydrogen-bond acceptors (Lipinski definition) is 6. The third kappa shape index (κ3) is 5.66. The van der Waals surface area contributed by atoms with Crippen LogP contribution in [0, 0.1) is 6.92 Å². The highest BCUT2D eigenvalue weighted by atomic mass is 16.5. The maximum atomic E-state index is 12.2. The molecule has 170 valence electrons. The van der Waals surface area contributed by atoms with E-state index in [4.69, 9.17) is 9.47 Å². The number of H-pyrrole nitrogens is 1. The van der Waals surface area contributed by atoms with Crippen LogP contribution in [-0.2, 0) is 16.8 Å². The van der Waals surface area contributed by atoms with Gasteiger partial charge in [-0.25, -0.2) is 4.79 Å². The Bertz CT molecular complexity index is 842. The molecular formula is C24H35N3O4. The van der Waals surface area contributed by atoms with Crippen molar-refractivity contribution in [3.8, 4) is 5.75 Å². The van der Waals surface area contributed by atoms with Gasteiger partial charge in [-0.1, -0.05) is 19.4 Å². The van der Waals surface area contributed by atoms with Crippen molar-refractivity contribution >= 4 is 5.97 Å². The third-order valence-electron chi connectivity index (χ3n) is 6.13. The molecule has 7 heteroatoms. The van der Waals surface area contributed by atoms with Crippen molar-refractivity contribution in [2.24, 2.45) is 0 Å². The molecule has 3 rings (SSSR count). The Hall–Kier alpha value is -2.38. The van der Waals surface area contributed by atoms with Gasteiger partial charge in [0.15, 0.2) is 11.4 Å². The molecule has 1 aliphatic rings. The van der Waals surface area contributed by atoms with E-state index in [1.807, 2.05) is 25.1 Å². The van der Waals surface area contributed by atoms with Crippen LogP contribution in [-0.4, -0.2) is 59.3 Å². The van der Waals surface area contributed by atoms with E-state index < -0.39 is 11.6 Å². The minimum absolute atomic E-state index is 0.398. The summed E-state index contributed by atoms with van der Waals surface area (Å²) >= 11 is 0. The lowest BCUT2D eigenvalue weighted by Gasteiger charge is -2.37. The number of esters is 1. The molecule has 1 fully saturated rings. The molecule has 0 amide bonds. The van der Waals surface area contributed by atoms with Crippen LogP contribution in [0.2, 0.25) is 0 Å². The largest absolute Gasteiger partial charge is 0.491 e. The average molecular weight is 430 g/mol. The molecule has 0 unspecified atom stereocenters. The van der Waals surface area contributed by atoms with Crippen LogP contribution in [0.25, 0.3) is 0 Å². The maximum absolute atomic E-state index is 12.2. The van der Waals surface area contributed by atoms with Crippen molar-refractivity contribution in [3.63, 3.8) is 0 Å². The highest BCUT2D eigenvalue weighted by molar-refractivity contribution is 5.91. The second kappa shape index (κ2) is 10.8. The Balaban J connectivity index is 1.51. The average Bonchev–Trinajstić information content (AvgIpc) is 3.11. The Morgan fingerprint density at radius 2 is 2.06 bits per heavy atom. The number of likely N-dealkylation sites (tertiary alicyclic amines) is 1. The van der Waals surface area contributed by atoms with Crippen LogP contribution in [0.15, 0.2) is 24.4 Å². The maximum Gasteiger partial charge on any atom is 0.358 e. The molecular weight excluding hydrogens is 394 g/mol. The van der Waals surface area contributed by atoms with Crippen molar-refractivity contribution in [1.82, 2.24) is 14.9 Å². The van der Waals surface area contributed by atoms with Crippen LogP contribution >= 0.6 is 0 Å². The Morgan fingerprint density at radius 3 is 2.71 bits per heavy atom. The summed E-state index contributed by atoms with van der Waals surface area (Å²) in [5, 5.41) is 10.9. The molecule has 0 bridgehead atoms. The monoisotopic (exact) mass is 429 g/mol. The first-order valence-corrected chi connectivity index (χ1v) is 11.3. The topological polar surface area (TPSA) is 87.7 Å². The molecule has 0 atom stereocenters. The van der Waals surface area contributed by atoms with E-state index in [1.54, 1.807) is 6.20 Å². The summed E-state index contributed by atoms with van der Waals surface area (Å²) in [5.41, 5.74) is 2.37. The molecule has 7 nitrogen and oxygen atoms in total. The fourth-order valence-corrected chi connectivity index (χ4v) is 4.20. The van der Waals surface area contributed by atoms with Crippen molar-refractivity contribution in [3.05, 3.63) is 47.0 Å². The van der Waals surface area contributed by atoms with E-state index in [2.05, 4.69) is 21.8 Å². The van der Waals surface area contributed by atoms with Gasteiger partial charge in [0.25, 0.3) is 0 Å². The van der Waals surface area contributed by atoms with E-state index in [9.17, 15) is 9.90 Å². The number of rotatable bonds is 10. The summed E-state index contributed by atoms with van der Waals surface area (Å²) in [5.74, 6) is 0.242. The van der Waals surface area contributed by atoms with Gasteiger partial charge in [0.1, 0.15) is 5.60 Å². The van der Waals surface area contributed by atoms with Gasteiger partial charge < -0.3 is 24.5 Å². The van der Waals surface area contributed by atoms with Crippen LogP contribution in [0.5, 0.6) is 5.75 Å². The zero-order valence-corrected chi connectivity index (χ0v) is 18.9. The Labute approximate surface area is 184 Å². The number of piperidine rings is 1. The zero-order valence-electron chi connectivity index (χ0n) is 18.9. The van der Waals surface area contributed by atoms with Crippen LogP contribution in [0.1, 0.15) is 66.5 Å². The van der Waals surface area contributed by atoms with Gasteiger partial charge in [-0.2, -0.15) is 0 Å². The highest BCUT2D eigenvalue weighted by Gasteiger charge is 2.34. The predicted molar refractivity (Wildman–Crippen MR) is 119 cm³/mol. The molecule has 0 aliphatic carbocycles. The molecule has 31 heavy (non-hydrogen) atoms. The van der Waals surface area contributed by atoms with Crippen molar-refractivity contribution in [2.75, 3.05) is 33.4 Å². The second-order valence-corrected chi connectivity index (χ2v) is 8.32. The fourth-order valence-electron chi connectivity index (χ4n) is 4.20. The number of nitrogens with one attached hydrogen (secondary N) is 1. The molecule has 0 aromatic carbocycles.